The number of nitrogens with zero attached hydrogens (tertiary/aromatic N) is 2. The van der Waals surface area contributed by atoms with Gasteiger partial charge < -0.3 is 15.2 Å². The molecule has 20 heavy (non-hydrogen) atoms. The van der Waals surface area contributed by atoms with Crippen LogP contribution in [0.5, 0.6) is 5.88 Å². The zero-order valence-electron chi connectivity index (χ0n) is 10.9. The Bertz CT molecular complexity index is 613. The summed E-state index contributed by atoms with van der Waals surface area (Å²) in [5.74, 6) is -0.0832. The number of rotatable bonds is 4. The van der Waals surface area contributed by atoms with Crippen LogP contribution < -0.4 is 10.5 Å². The van der Waals surface area contributed by atoms with Crippen LogP contribution in [0.1, 0.15) is 12.5 Å². The SMILES string of the molecule is CCOC(=O)Oc1cc(N)n(Cc2ccccc2F)n1. The molecule has 0 spiro atoms. The zero-order valence-corrected chi connectivity index (χ0v) is 10.9. The molecule has 1 aromatic carbocycles. The van der Waals surface area contributed by atoms with Crippen LogP contribution in [0.3, 0.4) is 0 Å². The normalized spacial score (nSPS) is 10.3. The second kappa shape index (κ2) is 6.05. The maximum atomic E-state index is 13.5. The van der Waals surface area contributed by atoms with Crippen LogP contribution in [0.2, 0.25) is 0 Å². The van der Waals surface area contributed by atoms with E-state index >= 15 is 0 Å². The zero-order chi connectivity index (χ0) is 14.5. The van der Waals surface area contributed by atoms with Crippen LogP contribution in [-0.2, 0) is 11.3 Å². The Labute approximate surface area is 114 Å². The molecule has 6 nitrogen and oxygen atoms in total. The van der Waals surface area contributed by atoms with Crippen molar-refractivity contribution in [1.29, 1.82) is 0 Å². The number of hydrogen-bond acceptors (Lipinski definition) is 5. The van der Waals surface area contributed by atoms with Gasteiger partial charge in [0, 0.05) is 11.6 Å². The minimum Gasteiger partial charge on any atom is -0.434 e. The highest BCUT2D eigenvalue weighted by molar-refractivity contribution is 5.63. The Morgan fingerprint density at radius 2 is 2.20 bits per heavy atom. The van der Waals surface area contributed by atoms with E-state index in [1.54, 1.807) is 25.1 Å². The molecular formula is C13H14FN3O3. The van der Waals surface area contributed by atoms with Crippen molar-refractivity contribution in [2.24, 2.45) is 0 Å². The molecule has 0 radical (unpaired) electrons. The summed E-state index contributed by atoms with van der Waals surface area (Å²) in [6, 6.07) is 7.67. The number of benzene rings is 1. The first-order chi connectivity index (χ1) is 9.60. The van der Waals surface area contributed by atoms with Gasteiger partial charge in [-0.2, -0.15) is 0 Å². The van der Waals surface area contributed by atoms with E-state index in [9.17, 15) is 9.18 Å². The second-order valence-electron chi connectivity index (χ2n) is 3.94. The Balaban J connectivity index is 2.12. The molecule has 0 aliphatic rings. The Hall–Kier alpha value is -2.57. The molecule has 7 heteroatoms. The molecule has 2 aromatic rings. The summed E-state index contributed by atoms with van der Waals surface area (Å²) in [4.78, 5) is 11.2. The predicted octanol–water partition coefficient (Wildman–Crippen LogP) is 2.19. The lowest BCUT2D eigenvalue weighted by molar-refractivity contribution is 0.102. The number of ether oxygens (including phenoxy) is 2. The van der Waals surface area contributed by atoms with E-state index in [0.717, 1.165) is 0 Å². The first-order valence-corrected chi connectivity index (χ1v) is 6.01. The number of anilines is 1. The van der Waals surface area contributed by atoms with E-state index in [2.05, 4.69) is 9.84 Å². The summed E-state index contributed by atoms with van der Waals surface area (Å²) < 4.78 is 24.3. The number of hydrogen-bond donors (Lipinski definition) is 1. The molecule has 2 N–H and O–H groups in total. The maximum absolute atomic E-state index is 13.5. The van der Waals surface area contributed by atoms with E-state index in [1.807, 2.05) is 0 Å². The fraction of sp³-hybridized carbons (Fsp3) is 0.231. The molecule has 0 fully saturated rings. The predicted molar refractivity (Wildman–Crippen MR) is 69.8 cm³/mol. The lowest BCUT2D eigenvalue weighted by Crippen LogP contribution is -2.11. The van der Waals surface area contributed by atoms with Gasteiger partial charge in [-0.1, -0.05) is 18.2 Å². The van der Waals surface area contributed by atoms with Crippen molar-refractivity contribution in [2.45, 2.75) is 13.5 Å². The third-order valence-electron chi connectivity index (χ3n) is 2.52. The molecular weight excluding hydrogens is 265 g/mol. The molecule has 0 atom stereocenters. The van der Waals surface area contributed by atoms with Crippen LogP contribution in [-0.4, -0.2) is 22.5 Å². The molecule has 1 heterocycles. The molecule has 0 bridgehead atoms. The van der Waals surface area contributed by atoms with Gasteiger partial charge in [-0.25, -0.2) is 13.9 Å². The summed E-state index contributed by atoms with van der Waals surface area (Å²) in [6.07, 6.45) is -0.858. The number of halogens is 1. The van der Waals surface area contributed by atoms with Crippen molar-refractivity contribution >= 4 is 12.0 Å². The number of nitrogen functional groups attached to an aromatic ring is 1. The lowest BCUT2D eigenvalue weighted by Gasteiger charge is -2.05. The van der Waals surface area contributed by atoms with Gasteiger partial charge in [-0.3, -0.25) is 0 Å². The summed E-state index contributed by atoms with van der Waals surface area (Å²) in [7, 11) is 0. The quantitative estimate of drug-likeness (QED) is 0.868. The van der Waals surface area contributed by atoms with Crippen LogP contribution in [0, 0.1) is 5.82 Å². The third kappa shape index (κ3) is 3.25. The monoisotopic (exact) mass is 279 g/mol. The average Bonchev–Trinajstić information content (AvgIpc) is 2.72. The van der Waals surface area contributed by atoms with Crippen LogP contribution in [0.15, 0.2) is 30.3 Å². The van der Waals surface area contributed by atoms with Gasteiger partial charge in [-0.15, -0.1) is 5.10 Å². The van der Waals surface area contributed by atoms with Crippen molar-refractivity contribution in [3.63, 3.8) is 0 Å². The highest BCUT2D eigenvalue weighted by atomic mass is 19.1. The number of carbonyl (C=O) groups excluding carboxylic acids is 1. The standard InChI is InChI=1S/C13H14FN3O3/c1-2-19-13(18)20-12-7-11(15)17(16-12)8-9-5-3-4-6-10(9)14/h3-7H,2,8,15H2,1H3. The smallest absolute Gasteiger partial charge is 0.434 e. The second-order valence-corrected chi connectivity index (χ2v) is 3.94. The van der Waals surface area contributed by atoms with Gasteiger partial charge in [0.1, 0.15) is 11.6 Å². The fourth-order valence-electron chi connectivity index (χ4n) is 1.60. The molecule has 0 unspecified atom stereocenters. The Morgan fingerprint density at radius 3 is 2.90 bits per heavy atom. The van der Waals surface area contributed by atoms with Gasteiger partial charge in [0.05, 0.1) is 13.2 Å². The van der Waals surface area contributed by atoms with E-state index in [1.165, 1.54) is 16.8 Å². The Morgan fingerprint density at radius 1 is 1.45 bits per heavy atom. The van der Waals surface area contributed by atoms with E-state index in [0.29, 0.717) is 5.56 Å². The van der Waals surface area contributed by atoms with Gasteiger partial charge in [0.25, 0.3) is 0 Å². The van der Waals surface area contributed by atoms with Gasteiger partial charge in [-0.05, 0) is 13.0 Å². The van der Waals surface area contributed by atoms with E-state index in [4.69, 9.17) is 10.5 Å². The molecule has 0 saturated heterocycles. The molecule has 0 amide bonds. The largest absolute Gasteiger partial charge is 0.515 e. The molecule has 0 saturated carbocycles. The van der Waals surface area contributed by atoms with Crippen LogP contribution in [0.25, 0.3) is 0 Å². The van der Waals surface area contributed by atoms with Gasteiger partial charge in [0.2, 0.25) is 5.88 Å². The third-order valence-corrected chi connectivity index (χ3v) is 2.52. The first kappa shape index (κ1) is 13.9. The number of nitrogens with two attached hydrogens (primary N) is 1. The van der Waals surface area contributed by atoms with E-state index in [-0.39, 0.29) is 30.7 Å². The molecule has 106 valence electrons. The maximum Gasteiger partial charge on any atom is 0.515 e. The lowest BCUT2D eigenvalue weighted by atomic mass is 10.2. The van der Waals surface area contributed by atoms with Crippen LogP contribution >= 0.6 is 0 Å². The topological polar surface area (TPSA) is 79.4 Å². The van der Waals surface area contributed by atoms with Gasteiger partial charge >= 0.3 is 6.16 Å². The highest BCUT2D eigenvalue weighted by Crippen LogP contribution is 2.17. The molecule has 0 aliphatic carbocycles. The minimum atomic E-state index is -0.858. The average molecular weight is 279 g/mol. The summed E-state index contributed by atoms with van der Waals surface area (Å²) in [6.45, 7) is 2.00. The number of aromatic nitrogens is 2. The van der Waals surface area contributed by atoms with Crippen molar-refractivity contribution in [1.82, 2.24) is 9.78 Å². The molecule has 2 rings (SSSR count). The van der Waals surface area contributed by atoms with Crippen molar-refractivity contribution in [3.8, 4) is 5.88 Å². The molecule has 0 aliphatic heterocycles. The summed E-state index contributed by atoms with van der Waals surface area (Å²) >= 11 is 0. The van der Waals surface area contributed by atoms with Crippen LogP contribution in [0.4, 0.5) is 15.0 Å². The minimum absolute atomic E-state index is 0.0114. The molecule has 1 aromatic heterocycles. The van der Waals surface area contributed by atoms with Crippen molar-refractivity contribution in [2.75, 3.05) is 12.3 Å². The fourth-order valence-corrected chi connectivity index (χ4v) is 1.60. The Kier molecular flexibility index (Phi) is 4.19. The van der Waals surface area contributed by atoms with Crippen molar-refractivity contribution in [3.05, 3.63) is 41.7 Å². The van der Waals surface area contributed by atoms with E-state index < -0.39 is 6.16 Å². The summed E-state index contributed by atoms with van der Waals surface area (Å²) in [5, 5.41) is 3.97. The van der Waals surface area contributed by atoms with Gasteiger partial charge in [0.15, 0.2) is 0 Å². The number of carbonyl (C=O) groups is 1. The highest BCUT2D eigenvalue weighted by Gasteiger charge is 2.12. The summed E-state index contributed by atoms with van der Waals surface area (Å²) in [5.41, 5.74) is 6.17. The van der Waals surface area contributed by atoms with Crippen molar-refractivity contribution < 1.29 is 18.7 Å². The first-order valence-electron chi connectivity index (χ1n) is 6.01.